The van der Waals surface area contributed by atoms with Gasteiger partial charge in [0.05, 0.1) is 0 Å². The first kappa shape index (κ1) is 13.8. The van der Waals surface area contributed by atoms with Crippen LogP contribution >= 0.6 is 0 Å². The van der Waals surface area contributed by atoms with Crippen molar-refractivity contribution in [3.63, 3.8) is 0 Å². The summed E-state index contributed by atoms with van der Waals surface area (Å²) in [6.07, 6.45) is 0.917. The molecule has 1 N–H and O–H groups in total. The number of carbonyl (C=O) groups is 1. The van der Waals surface area contributed by atoms with Crippen molar-refractivity contribution >= 4 is 6.29 Å². The largest absolute Gasteiger partial charge is 0.316 e. The highest BCUT2D eigenvalue weighted by Gasteiger charge is 1.96. The van der Waals surface area contributed by atoms with Crippen molar-refractivity contribution < 1.29 is 9.18 Å². The maximum absolute atomic E-state index is 12.7. The van der Waals surface area contributed by atoms with E-state index in [4.69, 9.17) is 0 Å². The molecule has 84 valence electrons. The van der Waals surface area contributed by atoms with Crippen molar-refractivity contribution in [3.8, 4) is 0 Å². The number of nitrogens with one attached hydrogen (secondary N) is 1. The van der Waals surface area contributed by atoms with Gasteiger partial charge in [-0.1, -0.05) is 32.0 Å². The van der Waals surface area contributed by atoms with Crippen LogP contribution in [0.5, 0.6) is 0 Å². The first-order valence-electron chi connectivity index (χ1n) is 4.95. The SMILES string of the molecule is CC(C)C=O.CNCc1ccccc1F. The summed E-state index contributed by atoms with van der Waals surface area (Å²) in [5, 5.41) is 2.88. The molecule has 0 aliphatic carbocycles. The summed E-state index contributed by atoms with van der Waals surface area (Å²) in [7, 11) is 1.80. The molecule has 0 fully saturated rings. The minimum absolute atomic E-state index is 0.142. The average Bonchev–Trinajstić information content (AvgIpc) is 2.23. The number of hydrogen-bond donors (Lipinski definition) is 1. The molecule has 0 aromatic heterocycles. The summed E-state index contributed by atoms with van der Waals surface area (Å²) < 4.78 is 12.7. The molecule has 0 aliphatic rings. The molecule has 0 aliphatic heterocycles. The number of hydrogen-bond acceptors (Lipinski definition) is 2. The predicted molar refractivity (Wildman–Crippen MR) is 60.1 cm³/mol. The zero-order chi connectivity index (χ0) is 11.7. The van der Waals surface area contributed by atoms with Gasteiger partial charge in [-0.15, -0.1) is 0 Å². The molecule has 0 spiro atoms. The van der Waals surface area contributed by atoms with E-state index in [1.54, 1.807) is 19.2 Å². The number of halogens is 1. The van der Waals surface area contributed by atoms with Crippen LogP contribution in [0.15, 0.2) is 24.3 Å². The van der Waals surface area contributed by atoms with E-state index in [-0.39, 0.29) is 11.7 Å². The molecule has 0 bridgehead atoms. The molecule has 1 rings (SSSR count). The van der Waals surface area contributed by atoms with Crippen molar-refractivity contribution in [2.24, 2.45) is 5.92 Å². The van der Waals surface area contributed by atoms with Crippen LogP contribution in [-0.4, -0.2) is 13.3 Å². The van der Waals surface area contributed by atoms with Crippen LogP contribution in [0.25, 0.3) is 0 Å². The smallest absolute Gasteiger partial charge is 0.127 e. The third kappa shape index (κ3) is 6.80. The number of rotatable bonds is 3. The fraction of sp³-hybridized carbons (Fsp3) is 0.417. The Balaban J connectivity index is 0.000000336. The Labute approximate surface area is 90.5 Å². The van der Waals surface area contributed by atoms with Crippen LogP contribution in [0.4, 0.5) is 4.39 Å². The normalized spacial score (nSPS) is 9.40. The van der Waals surface area contributed by atoms with Crippen molar-refractivity contribution in [2.75, 3.05) is 7.05 Å². The summed E-state index contributed by atoms with van der Waals surface area (Å²) in [5.41, 5.74) is 0.713. The van der Waals surface area contributed by atoms with E-state index in [0.29, 0.717) is 12.1 Å². The average molecular weight is 211 g/mol. The first-order chi connectivity index (χ1) is 7.11. The molecule has 1 aromatic carbocycles. The molecular formula is C12H18FNO. The molecule has 2 nitrogen and oxygen atoms in total. The Bertz CT molecular complexity index is 287. The van der Waals surface area contributed by atoms with Crippen LogP contribution in [0.2, 0.25) is 0 Å². The summed E-state index contributed by atoms with van der Waals surface area (Å²) in [5.74, 6) is 0.0619. The maximum atomic E-state index is 12.7. The van der Waals surface area contributed by atoms with Crippen molar-refractivity contribution in [1.82, 2.24) is 5.32 Å². The Morgan fingerprint density at radius 3 is 2.33 bits per heavy atom. The Morgan fingerprint density at radius 1 is 1.40 bits per heavy atom. The van der Waals surface area contributed by atoms with Gasteiger partial charge in [-0.3, -0.25) is 0 Å². The second-order valence-corrected chi connectivity index (χ2v) is 3.50. The predicted octanol–water partition coefficient (Wildman–Crippen LogP) is 2.39. The minimum Gasteiger partial charge on any atom is -0.316 e. The van der Waals surface area contributed by atoms with Crippen molar-refractivity contribution in [1.29, 1.82) is 0 Å². The fourth-order valence-corrected chi connectivity index (χ4v) is 0.832. The molecule has 0 saturated carbocycles. The van der Waals surface area contributed by atoms with E-state index in [2.05, 4.69) is 5.32 Å². The van der Waals surface area contributed by atoms with E-state index in [1.807, 2.05) is 19.9 Å². The highest BCUT2D eigenvalue weighted by molar-refractivity contribution is 5.51. The third-order valence-electron chi connectivity index (χ3n) is 1.60. The Kier molecular flexibility index (Phi) is 7.46. The second kappa shape index (κ2) is 8.12. The van der Waals surface area contributed by atoms with Gasteiger partial charge in [0.15, 0.2) is 0 Å². The molecule has 15 heavy (non-hydrogen) atoms. The van der Waals surface area contributed by atoms with Gasteiger partial charge in [-0.2, -0.15) is 0 Å². The summed E-state index contributed by atoms with van der Waals surface area (Å²) in [6, 6.07) is 6.75. The second-order valence-electron chi connectivity index (χ2n) is 3.50. The van der Waals surface area contributed by atoms with E-state index in [0.717, 1.165) is 6.29 Å². The van der Waals surface area contributed by atoms with Gasteiger partial charge >= 0.3 is 0 Å². The molecule has 3 heteroatoms. The lowest BCUT2D eigenvalue weighted by molar-refractivity contribution is -0.110. The molecule has 0 amide bonds. The van der Waals surface area contributed by atoms with Gasteiger partial charge in [0.25, 0.3) is 0 Å². The van der Waals surface area contributed by atoms with Gasteiger partial charge in [-0.25, -0.2) is 4.39 Å². The van der Waals surface area contributed by atoms with Gasteiger partial charge < -0.3 is 10.1 Å². The molecular weight excluding hydrogens is 193 g/mol. The van der Waals surface area contributed by atoms with Gasteiger partial charge in [0, 0.05) is 18.0 Å². The monoisotopic (exact) mass is 211 g/mol. The van der Waals surface area contributed by atoms with E-state index in [1.165, 1.54) is 6.07 Å². The van der Waals surface area contributed by atoms with Crippen LogP contribution in [-0.2, 0) is 11.3 Å². The van der Waals surface area contributed by atoms with Crippen LogP contribution < -0.4 is 5.32 Å². The van der Waals surface area contributed by atoms with Crippen LogP contribution in [0, 0.1) is 11.7 Å². The lowest BCUT2D eigenvalue weighted by atomic mass is 10.2. The number of benzene rings is 1. The molecule has 0 atom stereocenters. The van der Waals surface area contributed by atoms with E-state index >= 15 is 0 Å². The molecule has 0 unspecified atom stereocenters. The highest BCUT2D eigenvalue weighted by Crippen LogP contribution is 2.04. The Hall–Kier alpha value is -1.22. The topological polar surface area (TPSA) is 29.1 Å². The summed E-state index contributed by atoms with van der Waals surface area (Å²) in [6.45, 7) is 4.30. The Morgan fingerprint density at radius 2 is 1.93 bits per heavy atom. The third-order valence-corrected chi connectivity index (χ3v) is 1.60. The minimum atomic E-state index is -0.142. The number of carbonyl (C=O) groups excluding carboxylic acids is 1. The summed E-state index contributed by atoms with van der Waals surface area (Å²) in [4.78, 5) is 9.50. The molecule has 0 heterocycles. The van der Waals surface area contributed by atoms with Crippen LogP contribution in [0.1, 0.15) is 19.4 Å². The quantitative estimate of drug-likeness (QED) is 0.778. The standard InChI is InChI=1S/C8H10FN.C4H8O/c1-10-6-7-4-2-3-5-8(7)9;1-4(2)3-5/h2-5,10H,6H2,1H3;3-4H,1-2H3. The molecule has 1 aromatic rings. The molecule has 0 saturated heterocycles. The van der Waals surface area contributed by atoms with Gasteiger partial charge in [-0.05, 0) is 13.1 Å². The zero-order valence-corrected chi connectivity index (χ0v) is 9.46. The molecule has 0 radical (unpaired) electrons. The van der Waals surface area contributed by atoms with Crippen molar-refractivity contribution in [2.45, 2.75) is 20.4 Å². The first-order valence-corrected chi connectivity index (χ1v) is 4.95. The van der Waals surface area contributed by atoms with Gasteiger partial charge in [0.2, 0.25) is 0 Å². The van der Waals surface area contributed by atoms with Crippen LogP contribution in [0.3, 0.4) is 0 Å². The fourth-order valence-electron chi connectivity index (χ4n) is 0.832. The van der Waals surface area contributed by atoms with E-state index in [9.17, 15) is 9.18 Å². The zero-order valence-electron chi connectivity index (χ0n) is 9.46. The maximum Gasteiger partial charge on any atom is 0.127 e. The van der Waals surface area contributed by atoms with Crippen molar-refractivity contribution in [3.05, 3.63) is 35.6 Å². The van der Waals surface area contributed by atoms with Gasteiger partial charge in [0.1, 0.15) is 12.1 Å². The highest BCUT2D eigenvalue weighted by atomic mass is 19.1. The summed E-state index contributed by atoms with van der Waals surface area (Å²) >= 11 is 0. The van der Waals surface area contributed by atoms with E-state index < -0.39 is 0 Å². The lowest BCUT2D eigenvalue weighted by Crippen LogP contribution is -2.06. The number of aldehydes is 1. The lowest BCUT2D eigenvalue weighted by Gasteiger charge is -1.99.